The van der Waals surface area contributed by atoms with E-state index in [1.165, 1.54) is 11.3 Å². The fourth-order valence-corrected chi connectivity index (χ4v) is 0.708. The number of rotatable bonds is 1. The van der Waals surface area contributed by atoms with E-state index in [9.17, 15) is 0 Å². The van der Waals surface area contributed by atoms with E-state index in [0.717, 1.165) is 6.42 Å². The van der Waals surface area contributed by atoms with E-state index in [-0.39, 0.29) is 0 Å². The minimum Gasteiger partial charge on any atom is -0.432 e. The summed E-state index contributed by atoms with van der Waals surface area (Å²) in [7, 11) is 0.310. The maximum Gasteiger partial charge on any atom is 0.239 e. The summed E-state index contributed by atoms with van der Waals surface area (Å²) in [6, 6.07) is 4.43. The smallest absolute Gasteiger partial charge is 0.239 e. The van der Waals surface area contributed by atoms with Crippen LogP contribution < -0.4 is 4.48 Å². The van der Waals surface area contributed by atoms with E-state index >= 15 is 0 Å². The van der Waals surface area contributed by atoms with Gasteiger partial charge in [-0.2, -0.15) is 0 Å². The van der Waals surface area contributed by atoms with Crippen LogP contribution in [0.2, 0.25) is 0 Å². The van der Waals surface area contributed by atoms with Gasteiger partial charge in [0.15, 0.2) is 0 Å². The van der Waals surface area contributed by atoms with Crippen molar-refractivity contribution in [3.05, 3.63) is 29.6 Å². The molecule has 0 aliphatic carbocycles. The van der Waals surface area contributed by atoms with E-state index in [0.29, 0.717) is 7.98 Å². The van der Waals surface area contributed by atoms with E-state index in [2.05, 4.69) is 36.7 Å². The van der Waals surface area contributed by atoms with Gasteiger partial charge < -0.3 is 4.48 Å². The Morgan fingerprint density at radius 1 is 1.50 bits per heavy atom. The van der Waals surface area contributed by atoms with Crippen molar-refractivity contribution in [2.45, 2.75) is 20.3 Å². The summed E-state index contributed by atoms with van der Waals surface area (Å²) >= 11 is 0. The van der Waals surface area contributed by atoms with Crippen LogP contribution in [0.1, 0.15) is 18.2 Å². The van der Waals surface area contributed by atoms with Crippen LogP contribution in [0.5, 0.6) is 0 Å². The second kappa shape index (κ2) is 2.87. The second-order valence-electron chi connectivity index (χ2n) is 2.16. The summed E-state index contributed by atoms with van der Waals surface area (Å²) in [5, 5.41) is 0. The average Bonchev–Trinajstić information content (AvgIpc) is 1.95. The lowest BCUT2D eigenvalue weighted by Gasteiger charge is -2.01. The third-order valence-electron chi connectivity index (χ3n) is 1.38. The Kier molecular flexibility index (Phi) is 2.10. The van der Waals surface area contributed by atoms with Gasteiger partial charge in [-0.1, -0.05) is 6.92 Å². The molecule has 1 rings (SSSR count). The van der Waals surface area contributed by atoms with E-state index < -0.39 is 0 Å². The molecule has 1 heterocycles. The lowest BCUT2D eigenvalue weighted by Crippen LogP contribution is -2.34. The van der Waals surface area contributed by atoms with Crippen LogP contribution in [0.3, 0.4) is 0 Å². The highest BCUT2D eigenvalue weighted by atomic mass is 14.8. The summed E-state index contributed by atoms with van der Waals surface area (Å²) in [6.07, 6.45) is 3.45. The molecule has 1 aromatic rings. The molecule has 0 amide bonds. The Hall–Kier alpha value is -0.785. The van der Waals surface area contributed by atoms with Gasteiger partial charge >= 0.3 is 0 Å². The molecule has 1 aromatic heterocycles. The molecule has 0 unspecified atom stereocenters. The second-order valence-corrected chi connectivity index (χ2v) is 2.16. The monoisotopic (exact) mass is 135 g/mol. The van der Waals surface area contributed by atoms with Crippen LogP contribution in [0.15, 0.2) is 18.3 Å². The maximum absolute atomic E-state index is 2.40. The molecule has 0 bridgehead atoms. The molecule has 0 saturated heterocycles. The van der Waals surface area contributed by atoms with Gasteiger partial charge in [0, 0.05) is 18.6 Å². The molecule has 0 aromatic carbocycles. The minimum atomic E-state index is 0.310. The van der Waals surface area contributed by atoms with E-state index in [4.69, 9.17) is 0 Å². The van der Waals surface area contributed by atoms with Gasteiger partial charge in [-0.05, 0) is 12.5 Å². The van der Waals surface area contributed by atoms with Gasteiger partial charge in [0.25, 0.3) is 0 Å². The van der Waals surface area contributed by atoms with Crippen molar-refractivity contribution in [1.82, 2.24) is 0 Å². The van der Waals surface area contributed by atoms with Gasteiger partial charge in [0.1, 0.15) is 11.9 Å². The number of aryl methyl sites for hydroxylation is 2. The van der Waals surface area contributed by atoms with Crippen molar-refractivity contribution in [3.8, 4) is 0 Å². The van der Waals surface area contributed by atoms with Crippen molar-refractivity contribution in [1.29, 1.82) is 0 Å². The SMILES string of the molecule is [BH3-][n+]1cc(CC)ccc1C. The quantitative estimate of drug-likeness (QED) is 0.476. The van der Waals surface area contributed by atoms with Gasteiger partial charge in [0.2, 0.25) is 7.98 Å². The molecule has 0 aliphatic heterocycles. The number of aromatic nitrogens is 1. The fraction of sp³-hybridized carbons (Fsp3) is 0.375. The molecule has 0 spiro atoms. The van der Waals surface area contributed by atoms with E-state index in [1.807, 2.05) is 0 Å². The Balaban J connectivity index is 3.04. The molecular formula is C8H14BN. The Morgan fingerprint density at radius 2 is 2.20 bits per heavy atom. The molecule has 0 radical (unpaired) electrons. The normalized spacial score (nSPS) is 9.90. The summed E-state index contributed by atoms with van der Waals surface area (Å²) < 4.78 is 2.40. The summed E-state index contributed by atoms with van der Waals surface area (Å²) in [4.78, 5) is 0. The van der Waals surface area contributed by atoms with Crippen LogP contribution in [-0.4, -0.2) is 7.98 Å². The van der Waals surface area contributed by atoms with Gasteiger partial charge in [-0.15, -0.1) is 0 Å². The van der Waals surface area contributed by atoms with Crippen molar-refractivity contribution < 1.29 is 4.48 Å². The molecule has 54 valence electrons. The topological polar surface area (TPSA) is 3.88 Å². The fourth-order valence-electron chi connectivity index (χ4n) is 0.708. The Labute approximate surface area is 63.1 Å². The number of hydrogen-bond acceptors (Lipinski definition) is 0. The average molecular weight is 135 g/mol. The van der Waals surface area contributed by atoms with Crippen LogP contribution in [0, 0.1) is 6.92 Å². The van der Waals surface area contributed by atoms with Crippen LogP contribution in [0.25, 0.3) is 0 Å². The summed E-state index contributed by atoms with van der Waals surface area (Å²) in [5.41, 5.74) is 2.87. The molecule has 0 aliphatic rings. The molecule has 0 saturated carbocycles. The predicted molar refractivity (Wildman–Crippen MR) is 46.1 cm³/mol. The highest BCUT2D eigenvalue weighted by Crippen LogP contribution is 1.96. The Morgan fingerprint density at radius 3 is 2.70 bits per heavy atom. The first kappa shape index (κ1) is 7.32. The molecule has 10 heavy (non-hydrogen) atoms. The zero-order valence-corrected chi connectivity index (χ0v) is 5.89. The number of nitrogens with zero attached hydrogens (tertiary/aromatic N) is 1. The van der Waals surface area contributed by atoms with Gasteiger partial charge in [0.05, 0.1) is 0 Å². The van der Waals surface area contributed by atoms with Gasteiger partial charge in [-0.25, -0.2) is 0 Å². The maximum atomic E-state index is 2.40. The first-order valence-electron chi connectivity index (χ1n) is 3.24. The molecule has 0 N–H and O–H groups in total. The Bertz CT molecular complexity index is 233. The first-order valence-corrected chi connectivity index (χ1v) is 3.24. The lowest BCUT2D eigenvalue weighted by atomic mass is 10.2. The van der Waals surface area contributed by atoms with Gasteiger partial charge in [-0.3, -0.25) is 0 Å². The zero-order chi connectivity index (χ0) is 7.56. The zero-order valence-electron chi connectivity index (χ0n) is 5.89. The van der Waals surface area contributed by atoms with Crippen LogP contribution in [-0.2, 0) is 6.42 Å². The van der Waals surface area contributed by atoms with Crippen molar-refractivity contribution in [2.24, 2.45) is 0 Å². The third-order valence-corrected chi connectivity index (χ3v) is 1.38. The van der Waals surface area contributed by atoms with Crippen LogP contribution in [0.4, 0.5) is 0 Å². The predicted octanol–water partition coefficient (Wildman–Crippen LogP) is -0.0266. The first-order chi connectivity index (χ1) is 4.74. The van der Waals surface area contributed by atoms with Crippen molar-refractivity contribution in [3.63, 3.8) is 0 Å². The lowest BCUT2D eigenvalue weighted by molar-refractivity contribution is -0.530. The number of pyridine rings is 1. The van der Waals surface area contributed by atoms with Crippen LogP contribution >= 0.6 is 0 Å². The minimum absolute atomic E-state index is 0.310. The highest BCUT2D eigenvalue weighted by molar-refractivity contribution is 5.94. The van der Waals surface area contributed by atoms with E-state index in [1.54, 1.807) is 0 Å². The number of hydrogen-bond donors (Lipinski definition) is 0. The van der Waals surface area contributed by atoms with Crippen molar-refractivity contribution >= 4 is 7.98 Å². The molecule has 1 nitrogen and oxygen atoms in total. The standard InChI is InChI=1S/C8H14BN/c1-3-8-5-4-7(2)10(9)6-8/h4-6H,3H2,1-2,9H3. The summed E-state index contributed by atoms with van der Waals surface area (Å²) in [5.74, 6) is 0. The highest BCUT2D eigenvalue weighted by Gasteiger charge is 1.94. The van der Waals surface area contributed by atoms with Crippen molar-refractivity contribution in [2.75, 3.05) is 0 Å². The molecule has 0 fully saturated rings. The third kappa shape index (κ3) is 1.38. The molecular weight excluding hydrogens is 121 g/mol. The largest absolute Gasteiger partial charge is 0.432 e. The molecule has 0 atom stereocenters. The summed E-state index contributed by atoms with van der Waals surface area (Å²) in [6.45, 7) is 4.37. The molecule has 2 heteroatoms.